The fraction of sp³-hybridized carbons (Fsp3) is 0.556. The zero-order valence-electron chi connectivity index (χ0n) is 13.7. The van der Waals surface area contributed by atoms with Gasteiger partial charge in [0.1, 0.15) is 5.69 Å². The minimum Gasteiger partial charge on any atom is -0.462 e. The highest BCUT2D eigenvalue weighted by Crippen LogP contribution is 2.28. The topological polar surface area (TPSA) is 58.4 Å². The molecule has 0 radical (unpaired) electrons. The highest BCUT2D eigenvalue weighted by atomic mass is 16.3. The zero-order chi connectivity index (χ0) is 16.0. The van der Waals surface area contributed by atoms with Crippen LogP contribution in [0.1, 0.15) is 48.7 Å². The maximum absolute atomic E-state index is 12.6. The summed E-state index contributed by atoms with van der Waals surface area (Å²) in [5.74, 6) is 1.03. The molecule has 2 fully saturated rings. The smallest absolute Gasteiger partial charge is 0.270 e. The maximum atomic E-state index is 12.6. The molecule has 2 aromatic rings. The molecule has 0 aromatic carbocycles. The van der Waals surface area contributed by atoms with Gasteiger partial charge in [0.25, 0.3) is 5.91 Å². The third-order valence-corrected chi connectivity index (χ3v) is 5.15. The largest absolute Gasteiger partial charge is 0.462 e. The van der Waals surface area contributed by atoms with Gasteiger partial charge in [0.15, 0.2) is 5.58 Å². The second-order valence-electron chi connectivity index (χ2n) is 7.23. The lowest BCUT2D eigenvalue weighted by Gasteiger charge is -2.30. The SMILES string of the molecule is CC(C)c1coc2cnc(C(=O)N[C@@H]3C[C@@H]4CCN(C4)C3)cc12. The number of amides is 1. The molecule has 2 aliphatic rings. The van der Waals surface area contributed by atoms with Crippen LogP contribution in [0.4, 0.5) is 0 Å². The van der Waals surface area contributed by atoms with Crippen molar-refractivity contribution in [3.8, 4) is 0 Å². The zero-order valence-corrected chi connectivity index (χ0v) is 13.7. The Morgan fingerprint density at radius 3 is 3.09 bits per heavy atom. The van der Waals surface area contributed by atoms with E-state index in [0.29, 0.717) is 11.6 Å². The van der Waals surface area contributed by atoms with E-state index in [0.717, 1.165) is 35.4 Å². The summed E-state index contributed by atoms with van der Waals surface area (Å²) >= 11 is 0. The third-order valence-electron chi connectivity index (χ3n) is 5.15. The van der Waals surface area contributed by atoms with E-state index < -0.39 is 0 Å². The van der Waals surface area contributed by atoms with Crippen molar-refractivity contribution < 1.29 is 9.21 Å². The van der Waals surface area contributed by atoms with Crippen LogP contribution >= 0.6 is 0 Å². The normalized spacial score (nSPS) is 26.8. The van der Waals surface area contributed by atoms with Gasteiger partial charge in [-0.15, -0.1) is 0 Å². The first-order valence-corrected chi connectivity index (χ1v) is 8.50. The van der Waals surface area contributed by atoms with Gasteiger partial charge in [0, 0.05) is 30.1 Å². The summed E-state index contributed by atoms with van der Waals surface area (Å²) in [5.41, 5.74) is 2.35. The number of piperidine rings is 1. The van der Waals surface area contributed by atoms with Crippen molar-refractivity contribution in [2.75, 3.05) is 19.6 Å². The van der Waals surface area contributed by atoms with Crippen molar-refractivity contribution in [2.24, 2.45) is 5.92 Å². The van der Waals surface area contributed by atoms with Crippen molar-refractivity contribution in [2.45, 2.75) is 38.6 Å². The lowest BCUT2D eigenvalue weighted by Crippen LogP contribution is -2.47. The molecule has 122 valence electrons. The summed E-state index contributed by atoms with van der Waals surface area (Å²) in [6.07, 6.45) is 5.78. The van der Waals surface area contributed by atoms with Crippen LogP contribution < -0.4 is 5.32 Å². The molecule has 2 bridgehead atoms. The Kier molecular flexibility index (Phi) is 3.60. The Morgan fingerprint density at radius 2 is 2.30 bits per heavy atom. The number of nitrogens with one attached hydrogen (secondary N) is 1. The second kappa shape index (κ2) is 5.64. The van der Waals surface area contributed by atoms with Gasteiger partial charge in [-0.3, -0.25) is 4.79 Å². The molecule has 4 rings (SSSR count). The van der Waals surface area contributed by atoms with Crippen LogP contribution in [0.25, 0.3) is 11.0 Å². The average molecular weight is 313 g/mol. The van der Waals surface area contributed by atoms with Gasteiger partial charge in [0.2, 0.25) is 0 Å². The summed E-state index contributed by atoms with van der Waals surface area (Å²) in [6.45, 7) is 7.58. The molecule has 0 saturated carbocycles. The number of nitrogens with zero attached hydrogens (tertiary/aromatic N) is 2. The average Bonchev–Trinajstić information content (AvgIpc) is 3.09. The van der Waals surface area contributed by atoms with Crippen LogP contribution in [-0.4, -0.2) is 41.5 Å². The number of carbonyl (C=O) groups is 1. The van der Waals surface area contributed by atoms with Crippen LogP contribution in [0.3, 0.4) is 0 Å². The van der Waals surface area contributed by atoms with E-state index in [1.807, 2.05) is 6.07 Å². The lowest BCUT2D eigenvalue weighted by atomic mass is 9.96. The Hall–Kier alpha value is -1.88. The van der Waals surface area contributed by atoms with E-state index in [9.17, 15) is 4.79 Å². The molecule has 0 aliphatic carbocycles. The van der Waals surface area contributed by atoms with Crippen molar-refractivity contribution >= 4 is 16.9 Å². The summed E-state index contributed by atoms with van der Waals surface area (Å²) in [4.78, 5) is 19.3. The third kappa shape index (κ3) is 2.74. The maximum Gasteiger partial charge on any atom is 0.270 e. The molecule has 5 nitrogen and oxygen atoms in total. The predicted molar refractivity (Wildman–Crippen MR) is 88.5 cm³/mol. The van der Waals surface area contributed by atoms with Gasteiger partial charge in [-0.25, -0.2) is 4.98 Å². The number of furan rings is 1. The number of hydrogen-bond acceptors (Lipinski definition) is 4. The van der Waals surface area contributed by atoms with Crippen LogP contribution in [-0.2, 0) is 0 Å². The molecule has 3 atom stereocenters. The molecule has 2 aromatic heterocycles. The van der Waals surface area contributed by atoms with Gasteiger partial charge in [-0.2, -0.15) is 0 Å². The number of hydrogen-bond donors (Lipinski definition) is 1. The molecule has 2 saturated heterocycles. The van der Waals surface area contributed by atoms with E-state index in [4.69, 9.17) is 4.42 Å². The lowest BCUT2D eigenvalue weighted by molar-refractivity contribution is 0.0904. The molecule has 2 aliphatic heterocycles. The van der Waals surface area contributed by atoms with Crippen LogP contribution in [0.15, 0.2) is 22.9 Å². The summed E-state index contributed by atoms with van der Waals surface area (Å²) in [5, 5.41) is 4.16. The van der Waals surface area contributed by atoms with Gasteiger partial charge < -0.3 is 14.6 Å². The van der Waals surface area contributed by atoms with Crippen molar-refractivity contribution in [3.63, 3.8) is 0 Å². The Bertz CT molecular complexity index is 725. The monoisotopic (exact) mass is 313 g/mol. The minimum atomic E-state index is -0.0738. The molecule has 4 heterocycles. The first-order chi connectivity index (χ1) is 11.1. The quantitative estimate of drug-likeness (QED) is 0.946. The van der Waals surface area contributed by atoms with Crippen LogP contribution in [0.2, 0.25) is 0 Å². The van der Waals surface area contributed by atoms with Crippen LogP contribution in [0.5, 0.6) is 0 Å². The second-order valence-corrected chi connectivity index (χ2v) is 7.23. The molecule has 23 heavy (non-hydrogen) atoms. The Morgan fingerprint density at radius 1 is 1.43 bits per heavy atom. The van der Waals surface area contributed by atoms with E-state index >= 15 is 0 Å². The summed E-state index contributed by atoms with van der Waals surface area (Å²) in [6, 6.07) is 2.11. The fourth-order valence-electron chi connectivity index (χ4n) is 3.95. The highest BCUT2D eigenvalue weighted by molar-refractivity contribution is 5.96. The molecule has 1 unspecified atom stereocenters. The number of pyridine rings is 1. The van der Waals surface area contributed by atoms with Gasteiger partial charge in [-0.05, 0) is 37.3 Å². The van der Waals surface area contributed by atoms with Gasteiger partial charge >= 0.3 is 0 Å². The van der Waals surface area contributed by atoms with Crippen molar-refractivity contribution in [1.29, 1.82) is 0 Å². The highest BCUT2D eigenvalue weighted by Gasteiger charge is 2.33. The first kappa shape index (κ1) is 14.7. The minimum absolute atomic E-state index is 0.0738. The summed E-state index contributed by atoms with van der Waals surface area (Å²) in [7, 11) is 0. The van der Waals surface area contributed by atoms with Crippen molar-refractivity contribution in [1.82, 2.24) is 15.2 Å². The number of carbonyl (C=O) groups excluding carboxylic acids is 1. The van der Waals surface area contributed by atoms with Crippen molar-refractivity contribution in [3.05, 3.63) is 29.8 Å². The molecule has 1 N–H and O–H groups in total. The molecule has 0 spiro atoms. The standard InChI is InChI=1S/C18H23N3O2/c1-11(2)15-10-23-17-7-19-16(6-14(15)17)18(22)20-13-5-12-3-4-21(8-12)9-13/h6-7,10-13H,3-5,8-9H2,1-2H3,(H,20,22)/t12-,13+/m0/s1. The molecular weight excluding hydrogens is 290 g/mol. The number of fused-ring (bicyclic) bond motifs is 3. The van der Waals surface area contributed by atoms with Crippen LogP contribution in [0, 0.1) is 5.92 Å². The number of aromatic nitrogens is 1. The van der Waals surface area contributed by atoms with E-state index in [-0.39, 0.29) is 11.9 Å². The predicted octanol–water partition coefficient (Wildman–Crippen LogP) is 2.78. The van der Waals surface area contributed by atoms with E-state index in [2.05, 4.69) is 29.0 Å². The van der Waals surface area contributed by atoms with E-state index in [1.165, 1.54) is 19.5 Å². The Balaban J connectivity index is 1.54. The fourth-order valence-corrected chi connectivity index (χ4v) is 3.95. The first-order valence-electron chi connectivity index (χ1n) is 8.50. The van der Waals surface area contributed by atoms with Gasteiger partial charge in [-0.1, -0.05) is 13.8 Å². The molecular formula is C18H23N3O2. The summed E-state index contributed by atoms with van der Waals surface area (Å²) < 4.78 is 5.53. The molecule has 1 amide bonds. The Labute approximate surface area is 136 Å². The number of rotatable bonds is 3. The van der Waals surface area contributed by atoms with E-state index in [1.54, 1.807) is 12.5 Å². The van der Waals surface area contributed by atoms with Gasteiger partial charge in [0.05, 0.1) is 12.5 Å². The molecule has 5 heteroatoms.